The molecule has 0 amide bonds. The van der Waals surface area contributed by atoms with Crippen LogP contribution in [0.1, 0.15) is 23.2 Å². The van der Waals surface area contributed by atoms with Crippen molar-refractivity contribution in [1.82, 2.24) is 4.90 Å². The number of rotatable bonds is 4. The lowest BCUT2D eigenvalue weighted by Crippen LogP contribution is -2.35. The monoisotopic (exact) mass is 281 g/mol. The number of hydrogen-bond donors (Lipinski definition) is 3. The number of carboxylic acids is 1. The lowest BCUT2D eigenvalue weighted by Gasteiger charge is -2.30. The Balaban J connectivity index is 2.05. The number of anilines is 2. The Hall–Kier alpha value is -1.82. The Kier molecular flexibility index (Phi) is 4.44. The minimum atomic E-state index is -1.15. The molecular formula is C14H20FN3O2. The zero-order valence-corrected chi connectivity index (χ0v) is 11.5. The summed E-state index contributed by atoms with van der Waals surface area (Å²) >= 11 is 0. The maximum atomic E-state index is 13.8. The molecule has 4 N–H and O–H groups in total. The van der Waals surface area contributed by atoms with E-state index in [2.05, 4.69) is 17.3 Å². The van der Waals surface area contributed by atoms with E-state index in [1.807, 2.05) is 0 Å². The largest absolute Gasteiger partial charge is 0.478 e. The Morgan fingerprint density at radius 3 is 3.00 bits per heavy atom. The van der Waals surface area contributed by atoms with Gasteiger partial charge < -0.3 is 21.1 Å². The molecule has 2 rings (SSSR count). The molecule has 0 aromatic heterocycles. The average molecular weight is 281 g/mol. The van der Waals surface area contributed by atoms with Crippen molar-refractivity contribution < 1.29 is 14.3 Å². The van der Waals surface area contributed by atoms with E-state index in [1.54, 1.807) is 0 Å². The predicted molar refractivity (Wildman–Crippen MR) is 76.5 cm³/mol. The quantitative estimate of drug-likeness (QED) is 0.734. The molecular weight excluding hydrogens is 261 g/mol. The van der Waals surface area contributed by atoms with E-state index >= 15 is 0 Å². The van der Waals surface area contributed by atoms with E-state index in [1.165, 1.54) is 6.07 Å². The molecule has 0 saturated carbocycles. The second-order valence-corrected chi connectivity index (χ2v) is 5.38. The number of nitrogens with one attached hydrogen (secondary N) is 1. The highest BCUT2D eigenvalue weighted by Gasteiger charge is 2.18. The van der Waals surface area contributed by atoms with Crippen molar-refractivity contribution in [1.29, 1.82) is 0 Å². The van der Waals surface area contributed by atoms with E-state index in [0.29, 0.717) is 12.5 Å². The lowest BCUT2D eigenvalue weighted by molar-refractivity contribution is 0.0698. The first-order chi connectivity index (χ1) is 9.47. The summed E-state index contributed by atoms with van der Waals surface area (Å²) in [5, 5.41) is 12.0. The van der Waals surface area contributed by atoms with E-state index in [-0.39, 0.29) is 16.9 Å². The summed E-state index contributed by atoms with van der Waals surface area (Å²) in [5.74, 6) is -1.22. The molecule has 1 aromatic carbocycles. The van der Waals surface area contributed by atoms with Crippen molar-refractivity contribution in [2.75, 3.05) is 37.7 Å². The van der Waals surface area contributed by atoms with Gasteiger partial charge in [-0.1, -0.05) is 0 Å². The van der Waals surface area contributed by atoms with Crippen molar-refractivity contribution in [2.45, 2.75) is 12.8 Å². The molecule has 5 nitrogen and oxygen atoms in total. The molecule has 0 bridgehead atoms. The molecule has 1 aliphatic heterocycles. The molecule has 1 unspecified atom stereocenters. The third-order valence-electron chi connectivity index (χ3n) is 3.67. The number of piperidine rings is 1. The smallest absolute Gasteiger partial charge is 0.337 e. The third kappa shape index (κ3) is 3.39. The van der Waals surface area contributed by atoms with Crippen LogP contribution in [0.4, 0.5) is 15.8 Å². The molecule has 1 aromatic rings. The van der Waals surface area contributed by atoms with Gasteiger partial charge in [-0.25, -0.2) is 9.18 Å². The predicted octanol–water partition coefficient (Wildman–Crippen LogP) is 1.86. The van der Waals surface area contributed by atoms with E-state index in [0.717, 1.165) is 32.0 Å². The molecule has 1 atom stereocenters. The Bertz CT molecular complexity index is 507. The van der Waals surface area contributed by atoms with Crippen LogP contribution < -0.4 is 11.1 Å². The highest BCUT2D eigenvalue weighted by molar-refractivity contribution is 5.94. The molecule has 0 aliphatic carbocycles. The molecule has 6 heteroatoms. The maximum Gasteiger partial charge on any atom is 0.337 e. The number of aromatic carboxylic acids is 1. The highest BCUT2D eigenvalue weighted by atomic mass is 19.1. The molecule has 0 radical (unpaired) electrons. The van der Waals surface area contributed by atoms with E-state index in [9.17, 15) is 9.18 Å². The number of nitrogens with two attached hydrogens (primary N) is 1. The molecule has 1 fully saturated rings. The fourth-order valence-electron chi connectivity index (χ4n) is 2.60. The van der Waals surface area contributed by atoms with Crippen LogP contribution in [0.3, 0.4) is 0 Å². The number of benzene rings is 1. The Labute approximate surface area is 117 Å². The minimum absolute atomic E-state index is 0.0575. The molecule has 110 valence electrons. The number of nitrogens with zero attached hydrogens (tertiary/aromatic N) is 1. The van der Waals surface area contributed by atoms with E-state index in [4.69, 9.17) is 10.8 Å². The van der Waals surface area contributed by atoms with Gasteiger partial charge in [0, 0.05) is 18.8 Å². The summed E-state index contributed by atoms with van der Waals surface area (Å²) in [5.41, 5.74) is 5.56. The summed E-state index contributed by atoms with van der Waals surface area (Å²) in [6.45, 7) is 2.69. The van der Waals surface area contributed by atoms with Gasteiger partial charge in [0.05, 0.1) is 11.3 Å². The normalized spacial score (nSPS) is 19.8. The van der Waals surface area contributed by atoms with E-state index < -0.39 is 11.8 Å². The van der Waals surface area contributed by atoms with Gasteiger partial charge in [0.25, 0.3) is 0 Å². The summed E-state index contributed by atoms with van der Waals surface area (Å²) in [6, 6.07) is 2.32. The second-order valence-electron chi connectivity index (χ2n) is 5.38. The standard InChI is InChI=1S/C14H20FN3O2/c1-18-4-2-3-9(8-18)7-17-13-5-10(14(19)20)12(16)6-11(13)15/h5-6,9,17H,2-4,7-8,16H2,1H3,(H,19,20). The topological polar surface area (TPSA) is 78.6 Å². The number of hydrogen-bond acceptors (Lipinski definition) is 4. The van der Waals surface area contributed by atoms with Crippen LogP contribution in [0.5, 0.6) is 0 Å². The summed E-state index contributed by atoms with van der Waals surface area (Å²) < 4.78 is 13.8. The Morgan fingerprint density at radius 2 is 2.35 bits per heavy atom. The van der Waals surface area contributed by atoms with Crippen molar-refractivity contribution in [3.8, 4) is 0 Å². The van der Waals surface area contributed by atoms with Crippen LogP contribution in [0, 0.1) is 11.7 Å². The first-order valence-electron chi connectivity index (χ1n) is 6.72. The SMILES string of the molecule is CN1CCCC(CNc2cc(C(=O)O)c(N)cc2F)C1. The maximum absolute atomic E-state index is 13.8. The average Bonchev–Trinajstić information content (AvgIpc) is 2.37. The fourth-order valence-corrected chi connectivity index (χ4v) is 2.60. The summed E-state index contributed by atoms with van der Waals surface area (Å²) in [6.07, 6.45) is 2.23. The summed E-state index contributed by atoms with van der Waals surface area (Å²) in [4.78, 5) is 13.2. The van der Waals surface area contributed by atoms with Crippen molar-refractivity contribution in [2.24, 2.45) is 5.92 Å². The van der Waals surface area contributed by atoms with Crippen molar-refractivity contribution in [3.05, 3.63) is 23.5 Å². The first kappa shape index (κ1) is 14.6. The van der Waals surface area contributed by atoms with Gasteiger partial charge in [-0.2, -0.15) is 0 Å². The van der Waals surface area contributed by atoms with Gasteiger partial charge in [-0.15, -0.1) is 0 Å². The van der Waals surface area contributed by atoms with Crippen molar-refractivity contribution >= 4 is 17.3 Å². The lowest BCUT2D eigenvalue weighted by atomic mass is 9.98. The third-order valence-corrected chi connectivity index (χ3v) is 3.67. The van der Waals surface area contributed by atoms with Gasteiger partial charge in [0.15, 0.2) is 0 Å². The van der Waals surface area contributed by atoms with Crippen LogP contribution in [0.15, 0.2) is 12.1 Å². The summed E-state index contributed by atoms with van der Waals surface area (Å²) in [7, 11) is 2.07. The van der Waals surface area contributed by atoms with Gasteiger partial charge in [0.2, 0.25) is 0 Å². The minimum Gasteiger partial charge on any atom is -0.478 e. The van der Waals surface area contributed by atoms with Gasteiger partial charge in [0.1, 0.15) is 5.82 Å². The van der Waals surface area contributed by atoms with Gasteiger partial charge >= 0.3 is 5.97 Å². The number of nitrogen functional groups attached to an aromatic ring is 1. The molecule has 0 spiro atoms. The zero-order valence-electron chi connectivity index (χ0n) is 11.5. The van der Waals surface area contributed by atoms with Gasteiger partial charge in [-0.05, 0) is 44.5 Å². The molecule has 20 heavy (non-hydrogen) atoms. The molecule has 1 saturated heterocycles. The van der Waals surface area contributed by atoms with Crippen LogP contribution in [0.25, 0.3) is 0 Å². The van der Waals surface area contributed by atoms with Gasteiger partial charge in [-0.3, -0.25) is 0 Å². The Morgan fingerprint density at radius 1 is 1.60 bits per heavy atom. The van der Waals surface area contributed by atoms with Crippen LogP contribution in [-0.2, 0) is 0 Å². The number of carbonyl (C=O) groups is 1. The number of carboxylic acid groups (broad SMARTS) is 1. The second kappa shape index (κ2) is 6.09. The highest BCUT2D eigenvalue weighted by Crippen LogP contribution is 2.23. The number of halogens is 1. The van der Waals surface area contributed by atoms with Crippen LogP contribution >= 0.6 is 0 Å². The molecule has 1 heterocycles. The zero-order chi connectivity index (χ0) is 14.7. The van der Waals surface area contributed by atoms with Crippen LogP contribution in [-0.4, -0.2) is 42.7 Å². The van der Waals surface area contributed by atoms with Crippen molar-refractivity contribution in [3.63, 3.8) is 0 Å². The first-order valence-corrected chi connectivity index (χ1v) is 6.72. The fraction of sp³-hybridized carbons (Fsp3) is 0.500. The van der Waals surface area contributed by atoms with Crippen LogP contribution in [0.2, 0.25) is 0 Å². The molecule has 1 aliphatic rings. The number of likely N-dealkylation sites (tertiary alicyclic amines) is 1.